The zero-order valence-electron chi connectivity index (χ0n) is 13.1. The van der Waals surface area contributed by atoms with E-state index in [1.165, 1.54) is 0 Å². The van der Waals surface area contributed by atoms with Gasteiger partial charge in [-0.3, -0.25) is 0 Å². The molecule has 0 atom stereocenters. The highest BCUT2D eigenvalue weighted by molar-refractivity contribution is 6.33. The summed E-state index contributed by atoms with van der Waals surface area (Å²) in [4.78, 5) is 8.64. The quantitative estimate of drug-likeness (QED) is 0.757. The van der Waals surface area contributed by atoms with Crippen LogP contribution in [0.5, 0.6) is 0 Å². The average Bonchev–Trinajstić information content (AvgIpc) is 2.48. The van der Waals surface area contributed by atoms with Crippen LogP contribution in [-0.2, 0) is 4.74 Å². The summed E-state index contributed by atoms with van der Waals surface area (Å²) < 4.78 is 5.01. The molecule has 1 aromatic carbocycles. The van der Waals surface area contributed by atoms with Crippen LogP contribution in [0.25, 0.3) is 0 Å². The molecular weight excluding hydrogens is 300 g/mol. The normalized spacial score (nSPS) is 10.5. The van der Waals surface area contributed by atoms with Crippen LogP contribution in [0.15, 0.2) is 24.4 Å². The van der Waals surface area contributed by atoms with Crippen LogP contribution in [0.2, 0.25) is 5.02 Å². The smallest absolute Gasteiger partial charge is 0.224 e. The van der Waals surface area contributed by atoms with E-state index >= 15 is 0 Å². The Balaban J connectivity index is 2.07. The van der Waals surface area contributed by atoms with E-state index in [4.69, 9.17) is 16.3 Å². The highest BCUT2D eigenvalue weighted by Crippen LogP contribution is 2.29. The molecular formula is C16H21ClN4O. The van der Waals surface area contributed by atoms with Crippen molar-refractivity contribution in [2.75, 3.05) is 30.9 Å². The molecule has 0 radical (unpaired) electrons. The van der Waals surface area contributed by atoms with Crippen molar-refractivity contribution in [3.8, 4) is 0 Å². The first-order valence-electron chi connectivity index (χ1n) is 7.20. The summed E-state index contributed by atoms with van der Waals surface area (Å²) in [6.07, 6.45) is 2.62. The third kappa shape index (κ3) is 4.58. The van der Waals surface area contributed by atoms with Crippen molar-refractivity contribution >= 4 is 29.1 Å². The lowest BCUT2D eigenvalue weighted by Crippen LogP contribution is -2.08. The van der Waals surface area contributed by atoms with Crippen LogP contribution in [0, 0.1) is 13.8 Å². The number of nitrogens with zero attached hydrogens (tertiary/aromatic N) is 2. The van der Waals surface area contributed by atoms with Gasteiger partial charge in [-0.1, -0.05) is 17.7 Å². The van der Waals surface area contributed by atoms with Gasteiger partial charge in [-0.2, -0.15) is 4.98 Å². The molecule has 0 aliphatic carbocycles. The second-order valence-electron chi connectivity index (χ2n) is 5.10. The van der Waals surface area contributed by atoms with Gasteiger partial charge < -0.3 is 15.4 Å². The predicted molar refractivity (Wildman–Crippen MR) is 91.2 cm³/mol. The van der Waals surface area contributed by atoms with Crippen molar-refractivity contribution in [3.63, 3.8) is 0 Å². The van der Waals surface area contributed by atoms with Crippen LogP contribution in [0.1, 0.15) is 17.5 Å². The fraction of sp³-hybridized carbons (Fsp3) is 0.375. The molecule has 118 valence electrons. The second-order valence-corrected chi connectivity index (χ2v) is 5.51. The summed E-state index contributed by atoms with van der Waals surface area (Å²) in [5, 5.41) is 7.12. The molecule has 0 amide bonds. The number of methoxy groups -OCH3 is 1. The zero-order chi connectivity index (χ0) is 15.9. The van der Waals surface area contributed by atoms with Gasteiger partial charge in [0.05, 0.1) is 10.7 Å². The third-order valence-corrected chi connectivity index (χ3v) is 3.45. The molecule has 0 saturated heterocycles. The first kappa shape index (κ1) is 16.5. The Morgan fingerprint density at radius 2 is 2.09 bits per heavy atom. The summed E-state index contributed by atoms with van der Waals surface area (Å²) in [5.41, 5.74) is 3.09. The Morgan fingerprint density at radius 1 is 1.27 bits per heavy atom. The van der Waals surface area contributed by atoms with E-state index in [1.807, 2.05) is 26.0 Å². The molecule has 0 bridgehead atoms. The molecule has 1 aromatic heterocycles. The van der Waals surface area contributed by atoms with Crippen molar-refractivity contribution in [2.45, 2.75) is 20.3 Å². The van der Waals surface area contributed by atoms with Gasteiger partial charge in [-0.15, -0.1) is 0 Å². The van der Waals surface area contributed by atoms with E-state index in [1.54, 1.807) is 13.3 Å². The number of aromatic nitrogens is 2. The second kappa shape index (κ2) is 7.96. The average molecular weight is 321 g/mol. The van der Waals surface area contributed by atoms with E-state index in [-0.39, 0.29) is 0 Å². The van der Waals surface area contributed by atoms with Crippen molar-refractivity contribution in [2.24, 2.45) is 0 Å². The minimum Gasteiger partial charge on any atom is -0.385 e. The Labute approximate surface area is 136 Å². The molecule has 0 unspecified atom stereocenters. The van der Waals surface area contributed by atoms with Gasteiger partial charge in [0, 0.05) is 26.5 Å². The number of hydrogen-bond acceptors (Lipinski definition) is 5. The molecule has 0 aliphatic rings. The maximum Gasteiger partial charge on any atom is 0.224 e. The Morgan fingerprint density at radius 3 is 2.82 bits per heavy atom. The number of halogens is 1. The van der Waals surface area contributed by atoms with Crippen LogP contribution in [0.4, 0.5) is 17.5 Å². The third-order valence-electron chi connectivity index (χ3n) is 3.15. The van der Waals surface area contributed by atoms with Crippen LogP contribution in [0.3, 0.4) is 0 Å². The van der Waals surface area contributed by atoms with Gasteiger partial charge in [0.2, 0.25) is 5.95 Å². The summed E-state index contributed by atoms with van der Waals surface area (Å²) in [6.45, 7) is 5.52. The fourth-order valence-electron chi connectivity index (χ4n) is 2.13. The maximum absolute atomic E-state index is 6.31. The summed E-state index contributed by atoms with van der Waals surface area (Å²) >= 11 is 6.31. The lowest BCUT2D eigenvalue weighted by molar-refractivity contribution is 0.197. The lowest BCUT2D eigenvalue weighted by atomic mass is 10.1. The molecule has 1 heterocycles. The summed E-state index contributed by atoms with van der Waals surface area (Å²) in [7, 11) is 1.69. The zero-order valence-corrected chi connectivity index (χ0v) is 13.9. The van der Waals surface area contributed by atoms with Gasteiger partial charge in [0.25, 0.3) is 0 Å². The molecule has 2 rings (SSSR count). The number of aryl methyl sites for hydroxylation is 2. The van der Waals surface area contributed by atoms with E-state index in [2.05, 4.69) is 26.7 Å². The maximum atomic E-state index is 6.31. The minimum absolute atomic E-state index is 0.585. The van der Waals surface area contributed by atoms with Crippen molar-refractivity contribution < 1.29 is 4.74 Å². The van der Waals surface area contributed by atoms with Gasteiger partial charge in [-0.25, -0.2) is 4.98 Å². The van der Waals surface area contributed by atoms with Gasteiger partial charge >= 0.3 is 0 Å². The fourth-order valence-corrected chi connectivity index (χ4v) is 2.50. The van der Waals surface area contributed by atoms with Crippen molar-refractivity contribution in [3.05, 3.63) is 40.5 Å². The summed E-state index contributed by atoms with van der Waals surface area (Å²) in [6, 6.07) is 5.83. The first-order chi connectivity index (χ1) is 10.6. The van der Waals surface area contributed by atoms with Gasteiger partial charge in [-0.05, 0) is 43.5 Å². The monoisotopic (exact) mass is 320 g/mol. The molecule has 0 aliphatic heterocycles. The van der Waals surface area contributed by atoms with E-state index in [9.17, 15) is 0 Å². The molecule has 2 N–H and O–H groups in total. The van der Waals surface area contributed by atoms with E-state index in [0.717, 1.165) is 29.8 Å². The molecule has 0 fully saturated rings. The minimum atomic E-state index is 0.585. The van der Waals surface area contributed by atoms with Crippen LogP contribution in [-0.4, -0.2) is 30.2 Å². The largest absolute Gasteiger partial charge is 0.385 e. The number of ether oxygens (including phenoxy) is 1. The van der Waals surface area contributed by atoms with Crippen molar-refractivity contribution in [1.29, 1.82) is 0 Å². The van der Waals surface area contributed by atoms with Crippen molar-refractivity contribution in [1.82, 2.24) is 9.97 Å². The Bertz CT molecular complexity index is 610. The molecule has 5 nitrogen and oxygen atoms in total. The van der Waals surface area contributed by atoms with E-state index < -0.39 is 0 Å². The summed E-state index contributed by atoms with van der Waals surface area (Å²) in [5.74, 6) is 1.29. The molecule has 0 spiro atoms. The number of rotatable bonds is 7. The molecule has 0 saturated carbocycles. The lowest BCUT2D eigenvalue weighted by Gasteiger charge is -2.13. The number of nitrogens with one attached hydrogen (secondary N) is 2. The number of anilines is 3. The van der Waals surface area contributed by atoms with Crippen LogP contribution >= 0.6 is 11.6 Å². The van der Waals surface area contributed by atoms with E-state index in [0.29, 0.717) is 23.4 Å². The topological polar surface area (TPSA) is 59.1 Å². The highest BCUT2D eigenvalue weighted by atomic mass is 35.5. The molecule has 2 aromatic rings. The van der Waals surface area contributed by atoms with Crippen LogP contribution < -0.4 is 10.6 Å². The molecule has 6 heteroatoms. The van der Waals surface area contributed by atoms with Gasteiger partial charge in [0.15, 0.2) is 0 Å². The standard InChI is InChI=1S/C16H21ClN4O/c1-11-9-12(2)15(13(17)10-11)20-14-5-7-19-16(21-14)18-6-4-8-22-3/h5,7,9-10H,4,6,8H2,1-3H3,(H2,18,19,20,21). The number of benzene rings is 1. The number of hydrogen-bond donors (Lipinski definition) is 2. The SMILES string of the molecule is COCCCNc1nccc(Nc2c(C)cc(C)cc2Cl)n1. The highest BCUT2D eigenvalue weighted by Gasteiger charge is 2.07. The van der Waals surface area contributed by atoms with Gasteiger partial charge in [0.1, 0.15) is 5.82 Å². The molecule has 22 heavy (non-hydrogen) atoms. The Hall–Kier alpha value is -1.85. The first-order valence-corrected chi connectivity index (χ1v) is 7.57. The predicted octanol–water partition coefficient (Wildman–Crippen LogP) is 3.94. The Kier molecular flexibility index (Phi) is 5.98.